The number of nitrogens with one attached hydrogen (secondary N) is 3. The number of aliphatic hydroxyl groups excluding tert-OH is 1. The number of anilines is 1. The maximum Gasteiger partial charge on any atom is 0.326 e. The van der Waals surface area contributed by atoms with Gasteiger partial charge in [-0.05, 0) is 23.7 Å². The molecular formula is C25H37N8O6S2+. The van der Waals surface area contributed by atoms with E-state index in [1.165, 1.54) is 6.33 Å². The molecule has 41 heavy (non-hydrogen) atoms. The predicted molar refractivity (Wildman–Crippen MR) is 155 cm³/mol. The fourth-order valence-corrected chi connectivity index (χ4v) is 8.81. The van der Waals surface area contributed by atoms with Crippen molar-refractivity contribution < 1.29 is 29.3 Å². The molecule has 0 saturated carbocycles. The summed E-state index contributed by atoms with van der Waals surface area (Å²) in [7, 11) is -0.246. The van der Waals surface area contributed by atoms with Crippen LogP contribution in [0.25, 0.3) is 11.2 Å². The van der Waals surface area contributed by atoms with Crippen molar-refractivity contribution in [3.63, 3.8) is 0 Å². The number of amides is 3. The number of carbonyl (C=O) groups excluding carboxylic acids is 2. The Morgan fingerprint density at radius 3 is 2.95 bits per heavy atom. The first-order valence-electron chi connectivity index (χ1n) is 13.8. The van der Waals surface area contributed by atoms with E-state index < -0.39 is 30.4 Å². The molecule has 3 fully saturated rings. The third-order valence-corrected chi connectivity index (χ3v) is 11.2. The first-order chi connectivity index (χ1) is 19.7. The maximum atomic E-state index is 12.5. The Bertz CT molecular complexity index is 1270. The summed E-state index contributed by atoms with van der Waals surface area (Å²) in [6, 6.07) is -0.757. The van der Waals surface area contributed by atoms with Crippen molar-refractivity contribution >= 4 is 57.5 Å². The van der Waals surface area contributed by atoms with Crippen LogP contribution in [0.5, 0.6) is 0 Å². The van der Waals surface area contributed by atoms with Crippen LogP contribution >= 0.6 is 11.8 Å². The minimum absolute atomic E-state index is 0.111. The molecule has 0 aliphatic carbocycles. The van der Waals surface area contributed by atoms with E-state index in [0.717, 1.165) is 18.6 Å². The fourth-order valence-electron chi connectivity index (χ4n) is 5.60. The number of nitrogens with zero attached hydrogens (tertiary/aromatic N) is 4. The highest BCUT2D eigenvalue weighted by Gasteiger charge is 2.42. The van der Waals surface area contributed by atoms with Gasteiger partial charge in [0.05, 0.1) is 30.8 Å². The summed E-state index contributed by atoms with van der Waals surface area (Å²) in [5, 5.41) is 29.2. The molecule has 5 heterocycles. The number of ether oxygens (including phenoxy) is 1. The van der Waals surface area contributed by atoms with Crippen LogP contribution in [0.1, 0.15) is 44.8 Å². The summed E-state index contributed by atoms with van der Waals surface area (Å²) in [4.78, 5) is 48.3. The highest BCUT2D eigenvalue weighted by Crippen LogP contribution is 2.34. The number of carboxylic acid groups (broad SMARTS) is 1. The van der Waals surface area contributed by atoms with Gasteiger partial charge >= 0.3 is 12.0 Å². The van der Waals surface area contributed by atoms with Crippen LogP contribution in [-0.2, 0) is 25.2 Å². The van der Waals surface area contributed by atoms with Crippen LogP contribution < -0.4 is 21.7 Å². The minimum Gasteiger partial charge on any atom is -0.480 e. The highest BCUT2D eigenvalue weighted by atomic mass is 32.2. The van der Waals surface area contributed by atoms with Gasteiger partial charge in [-0.3, -0.25) is 9.36 Å². The molecule has 3 amide bonds. The molecule has 16 heteroatoms. The molecule has 2 aromatic heterocycles. The number of hydrogen-bond donors (Lipinski definition) is 6. The molecule has 8 atom stereocenters. The topological polar surface area (TPSA) is 207 Å². The van der Waals surface area contributed by atoms with Gasteiger partial charge in [0.15, 0.2) is 11.5 Å². The van der Waals surface area contributed by atoms with Gasteiger partial charge in [0.1, 0.15) is 41.7 Å². The van der Waals surface area contributed by atoms with E-state index in [0.29, 0.717) is 47.2 Å². The molecule has 2 aromatic rings. The van der Waals surface area contributed by atoms with E-state index in [9.17, 15) is 24.6 Å². The molecule has 224 valence electrons. The number of carbonyl (C=O) groups is 3. The Hall–Kier alpha value is -2.82. The lowest BCUT2D eigenvalue weighted by molar-refractivity contribution is -0.141. The average molecular weight is 610 g/mol. The third kappa shape index (κ3) is 6.98. The summed E-state index contributed by atoms with van der Waals surface area (Å²) in [6.45, 7) is 0. The molecule has 5 rings (SSSR count). The molecular weight excluding hydrogens is 572 g/mol. The van der Waals surface area contributed by atoms with Gasteiger partial charge in [0.25, 0.3) is 0 Å². The van der Waals surface area contributed by atoms with Crippen LogP contribution in [0.3, 0.4) is 0 Å². The molecule has 0 radical (unpaired) electrons. The van der Waals surface area contributed by atoms with Crippen LogP contribution in [-0.4, -0.2) is 107 Å². The number of aliphatic hydroxyl groups is 1. The number of carboxylic acids is 1. The van der Waals surface area contributed by atoms with E-state index in [4.69, 9.17) is 10.5 Å². The number of hydrogen-bond acceptors (Lipinski definition) is 10. The van der Waals surface area contributed by atoms with Crippen molar-refractivity contribution in [1.29, 1.82) is 0 Å². The quantitative estimate of drug-likeness (QED) is 0.101. The monoisotopic (exact) mass is 609 g/mol. The van der Waals surface area contributed by atoms with Gasteiger partial charge in [0, 0.05) is 30.3 Å². The van der Waals surface area contributed by atoms with Gasteiger partial charge in [0.2, 0.25) is 5.91 Å². The molecule has 3 aliphatic heterocycles. The average Bonchev–Trinajstić information content (AvgIpc) is 3.69. The highest BCUT2D eigenvalue weighted by molar-refractivity contribution is 8.00. The third-order valence-electron chi connectivity index (χ3n) is 7.82. The standard InChI is InChI=1S/C25H36N8O6S2/c1-41(10-16-15(34)8-19(39-16)33-12-29-21-22(26)27-11-28-23(21)33)7-6-13(24(36)37)30-18(35)5-3-2-4-17-20-14(9-40-17)31-25(38)32-20/h11-17,19-20,34H,2-10H2,1H3,(H5-,26,27,28,30,31,32,35,36,37,38)/p+1/t13?,14?,15-,16?,17+,19?,20?,41?/m0/s1. The second-order valence-corrected chi connectivity index (χ2v) is 14.4. The first kappa shape index (κ1) is 29.7. The fraction of sp³-hybridized carbons (Fsp3) is 0.680. The summed E-state index contributed by atoms with van der Waals surface area (Å²) >= 11 is 1.84. The van der Waals surface area contributed by atoms with Gasteiger partial charge < -0.3 is 36.6 Å². The Morgan fingerprint density at radius 2 is 2.15 bits per heavy atom. The molecule has 7 N–H and O–H groups in total. The number of nitrogen functional groups attached to an aromatic ring is 1. The number of fused-ring (bicyclic) bond motifs is 2. The van der Waals surface area contributed by atoms with Crippen molar-refractivity contribution in [2.75, 3.05) is 29.2 Å². The zero-order valence-corrected chi connectivity index (χ0v) is 24.4. The van der Waals surface area contributed by atoms with Crippen LogP contribution in [0.15, 0.2) is 12.7 Å². The number of aliphatic carboxylic acids is 1. The SMILES string of the molecule is C[S+](CCC(NC(=O)CCCC[C@H]1SCC2NC(=O)NC21)C(=O)O)CC1OC(n2cnc3c(N)ncnc32)C[C@@H]1O. The molecule has 0 spiro atoms. The van der Waals surface area contributed by atoms with Crippen LogP contribution in [0, 0.1) is 0 Å². The summed E-state index contributed by atoms with van der Waals surface area (Å²) < 4.78 is 7.89. The second-order valence-electron chi connectivity index (χ2n) is 10.8. The van der Waals surface area contributed by atoms with Crippen molar-refractivity contribution in [3.05, 3.63) is 12.7 Å². The number of nitrogens with two attached hydrogens (primary N) is 1. The maximum absolute atomic E-state index is 12.5. The van der Waals surface area contributed by atoms with Gasteiger partial charge in [-0.2, -0.15) is 11.8 Å². The minimum atomic E-state index is -1.06. The lowest BCUT2D eigenvalue weighted by Gasteiger charge is -2.18. The van der Waals surface area contributed by atoms with Crippen molar-refractivity contribution in [2.24, 2.45) is 0 Å². The van der Waals surface area contributed by atoms with E-state index in [2.05, 4.69) is 30.9 Å². The number of unbranched alkanes of at least 4 members (excludes halogenated alkanes) is 1. The van der Waals surface area contributed by atoms with Crippen LogP contribution in [0.2, 0.25) is 0 Å². The summed E-state index contributed by atoms with van der Waals surface area (Å²) in [5.74, 6) is 0.992. The van der Waals surface area contributed by atoms with E-state index in [1.54, 1.807) is 10.9 Å². The molecule has 0 aromatic carbocycles. The Labute approximate surface area is 244 Å². The lowest BCUT2D eigenvalue weighted by Crippen LogP contribution is -2.42. The molecule has 14 nitrogen and oxygen atoms in total. The van der Waals surface area contributed by atoms with Crippen LogP contribution in [0.4, 0.5) is 10.6 Å². The predicted octanol–water partition coefficient (Wildman–Crippen LogP) is -0.00970. The zero-order valence-electron chi connectivity index (χ0n) is 22.8. The normalized spacial score (nSPS) is 28.7. The number of thioether (sulfide) groups is 1. The van der Waals surface area contributed by atoms with E-state index in [1.807, 2.05) is 18.0 Å². The van der Waals surface area contributed by atoms with Gasteiger partial charge in [-0.25, -0.2) is 24.5 Å². The number of rotatable bonds is 13. The summed E-state index contributed by atoms with van der Waals surface area (Å²) in [5.41, 5.74) is 6.89. The van der Waals surface area contributed by atoms with Crippen molar-refractivity contribution in [3.8, 4) is 0 Å². The Morgan fingerprint density at radius 1 is 1.32 bits per heavy atom. The number of imidazole rings is 1. The number of aromatic nitrogens is 4. The van der Waals surface area contributed by atoms with E-state index in [-0.39, 0.29) is 47.2 Å². The molecule has 3 saturated heterocycles. The largest absolute Gasteiger partial charge is 0.480 e. The van der Waals surface area contributed by atoms with Crippen molar-refractivity contribution in [1.82, 2.24) is 35.5 Å². The zero-order chi connectivity index (χ0) is 29.1. The van der Waals surface area contributed by atoms with E-state index >= 15 is 0 Å². The smallest absolute Gasteiger partial charge is 0.326 e. The Kier molecular flexibility index (Phi) is 9.41. The molecule has 6 unspecified atom stereocenters. The van der Waals surface area contributed by atoms with Gasteiger partial charge in [-0.1, -0.05) is 6.42 Å². The first-order valence-corrected chi connectivity index (χ1v) is 16.8. The molecule has 3 aliphatic rings. The molecule has 0 bridgehead atoms. The second kappa shape index (κ2) is 13.0. The Balaban J connectivity index is 1.02. The lowest BCUT2D eigenvalue weighted by atomic mass is 10.0. The van der Waals surface area contributed by atoms with Gasteiger partial charge in [-0.15, -0.1) is 0 Å². The van der Waals surface area contributed by atoms with Crippen molar-refractivity contribution in [2.45, 2.75) is 80.3 Å². The number of urea groups is 1. The summed E-state index contributed by atoms with van der Waals surface area (Å²) in [6.07, 6.45) is 6.74.